The van der Waals surface area contributed by atoms with Gasteiger partial charge in [0, 0.05) is 10.6 Å². The minimum Gasteiger partial charge on any atom is -0.202 e. The highest BCUT2D eigenvalue weighted by molar-refractivity contribution is 7.92. The maximum absolute atomic E-state index is 14.5. The molecule has 0 saturated heterocycles. The van der Waals surface area contributed by atoms with Gasteiger partial charge in [0.15, 0.2) is 5.82 Å². The Labute approximate surface area is 156 Å². The third-order valence-electron chi connectivity index (χ3n) is 3.47. The SMILES string of the molecule is O=S(=O)(Nn1nc(C(F)(F)F)c(F)c1-c1ccc(Cl)cc1)c1ccccc1. The summed E-state index contributed by atoms with van der Waals surface area (Å²) < 4.78 is 78.5. The van der Waals surface area contributed by atoms with E-state index < -0.39 is 33.4 Å². The maximum Gasteiger partial charge on any atom is 0.438 e. The molecule has 0 unspecified atom stereocenters. The largest absolute Gasteiger partial charge is 0.438 e. The van der Waals surface area contributed by atoms with Gasteiger partial charge in [-0.2, -0.15) is 31.2 Å². The molecule has 0 atom stereocenters. The van der Waals surface area contributed by atoms with Gasteiger partial charge in [-0.15, -0.1) is 5.10 Å². The monoisotopic (exact) mass is 419 g/mol. The molecule has 0 spiro atoms. The molecular weight excluding hydrogens is 410 g/mol. The second-order valence-electron chi connectivity index (χ2n) is 5.34. The highest BCUT2D eigenvalue weighted by atomic mass is 35.5. The van der Waals surface area contributed by atoms with Crippen LogP contribution in [0.5, 0.6) is 0 Å². The van der Waals surface area contributed by atoms with E-state index in [9.17, 15) is 26.0 Å². The van der Waals surface area contributed by atoms with Crippen LogP contribution in [0.25, 0.3) is 11.3 Å². The van der Waals surface area contributed by atoms with Crippen molar-refractivity contribution in [3.05, 3.63) is 71.1 Å². The Morgan fingerprint density at radius 1 is 1.00 bits per heavy atom. The first-order valence-corrected chi connectivity index (χ1v) is 9.15. The number of nitrogens with zero attached hydrogens (tertiary/aromatic N) is 2. The van der Waals surface area contributed by atoms with Crippen LogP contribution in [0.2, 0.25) is 5.02 Å². The Hall–Kier alpha value is -2.59. The van der Waals surface area contributed by atoms with Crippen LogP contribution in [-0.4, -0.2) is 18.3 Å². The van der Waals surface area contributed by atoms with Gasteiger partial charge in [0.1, 0.15) is 5.69 Å². The summed E-state index contributed by atoms with van der Waals surface area (Å²) in [7, 11) is -4.31. The number of hydrogen-bond acceptors (Lipinski definition) is 3. The standard InChI is InChI=1S/C16H10ClF4N3O2S/c17-11-8-6-10(7-9-11)14-13(18)15(16(19,20)21)22-24(14)23-27(25,26)12-4-2-1-3-5-12/h1-9,23H. The molecule has 0 saturated carbocycles. The zero-order valence-corrected chi connectivity index (χ0v) is 14.8. The second-order valence-corrected chi connectivity index (χ2v) is 7.43. The first-order valence-electron chi connectivity index (χ1n) is 7.29. The van der Waals surface area contributed by atoms with E-state index in [2.05, 4.69) is 5.10 Å². The lowest BCUT2D eigenvalue weighted by atomic mass is 10.1. The summed E-state index contributed by atoms with van der Waals surface area (Å²) in [5.74, 6) is -1.71. The highest BCUT2D eigenvalue weighted by Gasteiger charge is 2.41. The molecule has 2 aromatic carbocycles. The third-order valence-corrected chi connectivity index (χ3v) is 5.03. The lowest BCUT2D eigenvalue weighted by Crippen LogP contribution is -2.25. The fourth-order valence-electron chi connectivity index (χ4n) is 2.27. The van der Waals surface area contributed by atoms with E-state index in [4.69, 9.17) is 11.6 Å². The van der Waals surface area contributed by atoms with Crippen LogP contribution < -0.4 is 4.83 Å². The fraction of sp³-hybridized carbons (Fsp3) is 0.0625. The molecule has 0 radical (unpaired) electrons. The van der Waals surface area contributed by atoms with Crippen LogP contribution >= 0.6 is 11.6 Å². The normalized spacial score (nSPS) is 12.2. The minimum atomic E-state index is -5.12. The summed E-state index contributed by atoms with van der Waals surface area (Å²) in [6, 6.07) is 12.0. The summed E-state index contributed by atoms with van der Waals surface area (Å²) in [5, 5.41) is 3.35. The summed E-state index contributed by atoms with van der Waals surface area (Å²) in [4.78, 5) is 1.88. The summed E-state index contributed by atoms with van der Waals surface area (Å²) >= 11 is 5.74. The van der Waals surface area contributed by atoms with Gasteiger partial charge in [0.05, 0.1) is 4.90 Å². The van der Waals surface area contributed by atoms with E-state index in [0.29, 0.717) is 0 Å². The van der Waals surface area contributed by atoms with Gasteiger partial charge in [0.2, 0.25) is 5.69 Å². The molecule has 11 heteroatoms. The average molecular weight is 420 g/mol. The zero-order chi connectivity index (χ0) is 19.8. The van der Waals surface area contributed by atoms with Gasteiger partial charge in [-0.25, -0.2) is 4.39 Å². The van der Waals surface area contributed by atoms with Crippen molar-refractivity contribution in [2.75, 3.05) is 4.83 Å². The first-order chi connectivity index (χ1) is 12.6. The Balaban J connectivity index is 2.16. The molecular formula is C16H10ClF4N3O2S. The van der Waals surface area contributed by atoms with Gasteiger partial charge in [-0.1, -0.05) is 41.9 Å². The number of hydrogen-bond donors (Lipinski definition) is 1. The Morgan fingerprint density at radius 2 is 1.59 bits per heavy atom. The molecule has 0 aliphatic carbocycles. The van der Waals surface area contributed by atoms with Crippen LogP contribution in [0.4, 0.5) is 17.6 Å². The van der Waals surface area contributed by atoms with Gasteiger partial charge in [-0.3, -0.25) is 0 Å². The molecule has 0 aliphatic heterocycles. The van der Waals surface area contributed by atoms with Crippen molar-refractivity contribution in [3.8, 4) is 11.3 Å². The lowest BCUT2D eigenvalue weighted by molar-refractivity contribution is -0.143. The summed E-state index contributed by atoms with van der Waals surface area (Å²) in [6.07, 6.45) is -5.12. The quantitative estimate of drug-likeness (QED) is 0.641. The molecule has 142 valence electrons. The molecule has 27 heavy (non-hydrogen) atoms. The topological polar surface area (TPSA) is 64.0 Å². The molecule has 3 rings (SSSR count). The van der Waals surface area contributed by atoms with E-state index in [1.807, 2.05) is 4.83 Å². The van der Waals surface area contributed by atoms with E-state index in [0.717, 1.165) is 0 Å². The second kappa shape index (κ2) is 6.86. The van der Waals surface area contributed by atoms with E-state index in [1.165, 1.54) is 48.5 Å². The number of benzene rings is 2. The Bertz CT molecular complexity index is 1070. The Kier molecular flexibility index (Phi) is 4.87. The fourth-order valence-corrected chi connectivity index (χ4v) is 3.38. The number of nitrogens with one attached hydrogen (secondary N) is 1. The number of halogens is 5. The van der Waals surface area contributed by atoms with Gasteiger partial charge in [0.25, 0.3) is 10.0 Å². The summed E-state index contributed by atoms with van der Waals surface area (Å²) in [5.41, 5.74) is -2.59. The van der Waals surface area contributed by atoms with Crippen LogP contribution in [0, 0.1) is 5.82 Å². The molecule has 1 heterocycles. The smallest absolute Gasteiger partial charge is 0.202 e. The molecule has 3 aromatic rings. The van der Waals surface area contributed by atoms with Crippen molar-refractivity contribution in [1.29, 1.82) is 0 Å². The molecule has 0 aliphatic rings. The molecule has 1 N–H and O–H groups in total. The van der Waals surface area contributed by atoms with E-state index in [-0.39, 0.29) is 20.3 Å². The molecule has 0 amide bonds. The summed E-state index contributed by atoms with van der Waals surface area (Å²) in [6.45, 7) is 0. The van der Waals surface area contributed by atoms with Crippen molar-refractivity contribution in [3.63, 3.8) is 0 Å². The maximum atomic E-state index is 14.5. The van der Waals surface area contributed by atoms with Crippen molar-refractivity contribution in [2.45, 2.75) is 11.1 Å². The number of sulfonamides is 1. The molecule has 0 bridgehead atoms. The number of alkyl halides is 3. The first kappa shape index (κ1) is 19.2. The van der Waals surface area contributed by atoms with Crippen molar-refractivity contribution >= 4 is 21.6 Å². The Morgan fingerprint density at radius 3 is 2.15 bits per heavy atom. The molecule has 0 fully saturated rings. The molecule has 5 nitrogen and oxygen atoms in total. The van der Waals surface area contributed by atoms with Crippen molar-refractivity contribution in [2.24, 2.45) is 0 Å². The predicted octanol–water partition coefficient (Wildman–Crippen LogP) is 4.29. The van der Waals surface area contributed by atoms with Gasteiger partial charge < -0.3 is 0 Å². The van der Waals surface area contributed by atoms with Crippen LogP contribution in [-0.2, 0) is 16.2 Å². The van der Waals surface area contributed by atoms with Gasteiger partial charge >= 0.3 is 6.18 Å². The predicted molar refractivity (Wildman–Crippen MR) is 90.6 cm³/mol. The van der Waals surface area contributed by atoms with Crippen LogP contribution in [0.15, 0.2) is 59.5 Å². The van der Waals surface area contributed by atoms with E-state index >= 15 is 0 Å². The average Bonchev–Trinajstić information content (AvgIpc) is 2.92. The van der Waals surface area contributed by atoms with Crippen molar-refractivity contribution < 1.29 is 26.0 Å². The van der Waals surface area contributed by atoms with Crippen LogP contribution in [0.3, 0.4) is 0 Å². The van der Waals surface area contributed by atoms with Crippen molar-refractivity contribution in [1.82, 2.24) is 9.89 Å². The highest BCUT2D eigenvalue weighted by Crippen LogP contribution is 2.35. The third kappa shape index (κ3) is 3.91. The van der Waals surface area contributed by atoms with Gasteiger partial charge in [-0.05, 0) is 24.3 Å². The number of rotatable bonds is 4. The van der Waals surface area contributed by atoms with E-state index in [1.54, 1.807) is 6.07 Å². The zero-order valence-electron chi connectivity index (χ0n) is 13.2. The minimum absolute atomic E-state index is 0.0457. The van der Waals surface area contributed by atoms with Crippen LogP contribution in [0.1, 0.15) is 5.69 Å². The molecule has 1 aromatic heterocycles. The number of aromatic nitrogens is 2. The lowest BCUT2D eigenvalue weighted by Gasteiger charge is -2.11.